The molecule has 0 amide bonds. The summed E-state index contributed by atoms with van der Waals surface area (Å²) in [5, 5.41) is 30.0. The van der Waals surface area contributed by atoms with Gasteiger partial charge in [-0.05, 0) is 107 Å². The second kappa shape index (κ2) is 14.4. The molecule has 4 heterocycles. The summed E-state index contributed by atoms with van der Waals surface area (Å²) in [5.41, 5.74) is 15.3. The normalized spacial score (nSPS) is 11.8. The largest absolute Gasteiger partial charge is 0.455 e. The van der Waals surface area contributed by atoms with Crippen molar-refractivity contribution in [1.82, 2.24) is 13.7 Å². The zero-order valence-electron chi connectivity index (χ0n) is 36.4. The molecule has 0 spiro atoms. The number of fused-ring (bicyclic) bond motifs is 13. The Morgan fingerprint density at radius 3 is 1.38 bits per heavy atom. The van der Waals surface area contributed by atoms with Gasteiger partial charge in [0.05, 0.1) is 61.0 Å². The van der Waals surface area contributed by atoms with Gasteiger partial charge in [-0.1, -0.05) is 127 Å². The van der Waals surface area contributed by atoms with Crippen LogP contribution in [0.15, 0.2) is 217 Å². The first-order valence-electron chi connectivity index (χ1n) is 22.7. The maximum absolute atomic E-state index is 10.7. The molecule has 0 unspecified atom stereocenters. The van der Waals surface area contributed by atoms with Gasteiger partial charge in [0.25, 0.3) is 0 Å². The van der Waals surface area contributed by atoms with Crippen LogP contribution >= 0.6 is 0 Å². The van der Waals surface area contributed by atoms with Gasteiger partial charge in [-0.3, -0.25) is 0 Å². The van der Waals surface area contributed by atoms with E-state index in [1.807, 2.05) is 36.4 Å². The lowest BCUT2D eigenvalue weighted by Crippen LogP contribution is -2.06. The Labute approximate surface area is 389 Å². The van der Waals surface area contributed by atoms with E-state index < -0.39 is 0 Å². The Balaban J connectivity index is 1.11. The first kappa shape index (κ1) is 37.7. The van der Waals surface area contributed by atoms with E-state index in [9.17, 15) is 10.5 Å². The summed E-state index contributed by atoms with van der Waals surface area (Å²) in [7, 11) is 0. The summed E-state index contributed by atoms with van der Waals surface area (Å²) in [6.45, 7) is 0. The van der Waals surface area contributed by atoms with Gasteiger partial charge >= 0.3 is 0 Å². The molecule has 68 heavy (non-hydrogen) atoms. The fraction of sp³-hybridized carbons (Fsp3) is 0. The molecule has 0 radical (unpaired) electrons. The summed E-state index contributed by atoms with van der Waals surface area (Å²) in [4.78, 5) is 0. The van der Waals surface area contributed by atoms with Crippen molar-refractivity contribution in [1.29, 1.82) is 10.5 Å². The van der Waals surface area contributed by atoms with Gasteiger partial charge in [-0.2, -0.15) is 10.5 Å². The number of furan rings is 1. The molecule has 314 valence electrons. The van der Waals surface area contributed by atoms with E-state index in [0.29, 0.717) is 11.1 Å². The number of para-hydroxylation sites is 3. The summed E-state index contributed by atoms with van der Waals surface area (Å²) < 4.78 is 13.7. The molecule has 0 aliphatic carbocycles. The van der Waals surface area contributed by atoms with Crippen molar-refractivity contribution in [3.05, 3.63) is 223 Å². The van der Waals surface area contributed by atoms with Crippen molar-refractivity contribution < 1.29 is 4.42 Å². The summed E-state index contributed by atoms with van der Waals surface area (Å²) >= 11 is 0. The summed E-state index contributed by atoms with van der Waals surface area (Å²) in [6, 6.07) is 79.1. The lowest BCUT2D eigenvalue weighted by molar-refractivity contribution is 0.673. The Bertz CT molecular complexity index is 4360. The molecule has 0 aliphatic rings. The molecule has 0 saturated carbocycles. The number of rotatable bonds is 5. The molecule has 0 N–H and O–H groups in total. The van der Waals surface area contributed by atoms with E-state index in [4.69, 9.17) is 4.42 Å². The predicted octanol–water partition coefficient (Wildman–Crippen LogP) is 16.0. The Morgan fingerprint density at radius 1 is 0.324 bits per heavy atom. The Morgan fingerprint density at radius 2 is 0.794 bits per heavy atom. The molecule has 4 aromatic heterocycles. The van der Waals surface area contributed by atoms with Crippen LogP contribution in [-0.4, -0.2) is 13.7 Å². The van der Waals surface area contributed by atoms with Gasteiger partial charge in [0.2, 0.25) is 0 Å². The topological polar surface area (TPSA) is 75.5 Å². The van der Waals surface area contributed by atoms with Gasteiger partial charge in [0.15, 0.2) is 0 Å². The Hall–Kier alpha value is -9.62. The van der Waals surface area contributed by atoms with E-state index in [-0.39, 0.29) is 0 Å². The average Bonchev–Trinajstić information content (AvgIpc) is 4.14. The number of benzene rings is 10. The molecule has 6 heteroatoms. The summed E-state index contributed by atoms with van der Waals surface area (Å²) in [5.74, 6) is 0. The third-order valence-electron chi connectivity index (χ3n) is 13.9. The maximum atomic E-state index is 10.7. The van der Waals surface area contributed by atoms with Gasteiger partial charge < -0.3 is 18.1 Å². The Kier molecular flexibility index (Phi) is 8.01. The molecular weight excluding hydrogens is 831 g/mol. The van der Waals surface area contributed by atoms with Crippen LogP contribution in [0.5, 0.6) is 0 Å². The molecule has 14 rings (SSSR count). The first-order chi connectivity index (χ1) is 33.6. The van der Waals surface area contributed by atoms with Crippen molar-refractivity contribution in [2.24, 2.45) is 0 Å². The van der Waals surface area contributed by atoms with Crippen LogP contribution in [0.2, 0.25) is 0 Å². The van der Waals surface area contributed by atoms with Crippen LogP contribution in [0.3, 0.4) is 0 Å². The van der Waals surface area contributed by atoms with Crippen molar-refractivity contribution >= 4 is 87.4 Å². The van der Waals surface area contributed by atoms with Crippen molar-refractivity contribution in [2.75, 3.05) is 0 Å². The molecular formula is C62H35N5O. The van der Waals surface area contributed by atoms with E-state index >= 15 is 0 Å². The highest BCUT2D eigenvalue weighted by atomic mass is 16.3. The van der Waals surface area contributed by atoms with Crippen LogP contribution in [0, 0.1) is 22.7 Å². The zero-order valence-corrected chi connectivity index (χ0v) is 36.4. The minimum Gasteiger partial charge on any atom is -0.455 e. The maximum Gasteiger partial charge on any atom is 0.145 e. The molecule has 0 saturated heterocycles. The SMILES string of the molecule is N#Cc1cc(-n2c3ccc(-c4ccccc4)cc3c3cc(-c4ccccc4)ccc32)c(-n2c3ccc(-n4c5ccccc5c5ccccc54)cc3c3c4oc5ccccc5c4ccc32)cc1C#N. The second-order valence-corrected chi connectivity index (χ2v) is 17.5. The van der Waals surface area contributed by atoms with Crippen LogP contribution in [0.4, 0.5) is 0 Å². The van der Waals surface area contributed by atoms with E-state index in [0.717, 1.165) is 116 Å². The van der Waals surface area contributed by atoms with Gasteiger partial charge in [0.1, 0.15) is 23.3 Å². The molecule has 14 aromatic rings. The van der Waals surface area contributed by atoms with E-state index in [1.54, 1.807) is 0 Å². The molecule has 6 nitrogen and oxygen atoms in total. The lowest BCUT2D eigenvalue weighted by Gasteiger charge is -2.18. The fourth-order valence-corrected chi connectivity index (χ4v) is 10.9. The van der Waals surface area contributed by atoms with Gasteiger partial charge in [-0.25, -0.2) is 0 Å². The lowest BCUT2D eigenvalue weighted by atomic mass is 10.0. The predicted molar refractivity (Wildman–Crippen MR) is 277 cm³/mol. The smallest absolute Gasteiger partial charge is 0.145 e. The number of nitriles is 2. The first-order valence-corrected chi connectivity index (χ1v) is 22.7. The van der Waals surface area contributed by atoms with Crippen LogP contribution in [0.25, 0.3) is 127 Å². The number of nitrogens with zero attached hydrogens (tertiary/aromatic N) is 5. The molecule has 0 aliphatic heterocycles. The number of aromatic nitrogens is 3. The summed E-state index contributed by atoms with van der Waals surface area (Å²) in [6.07, 6.45) is 0. The van der Waals surface area contributed by atoms with Crippen molar-refractivity contribution in [3.63, 3.8) is 0 Å². The van der Waals surface area contributed by atoms with Crippen LogP contribution in [0.1, 0.15) is 11.1 Å². The molecule has 0 bridgehead atoms. The van der Waals surface area contributed by atoms with Gasteiger partial charge in [0, 0.05) is 43.4 Å². The van der Waals surface area contributed by atoms with E-state index in [1.165, 1.54) is 10.8 Å². The highest BCUT2D eigenvalue weighted by Gasteiger charge is 2.25. The highest BCUT2D eigenvalue weighted by Crippen LogP contribution is 2.45. The zero-order chi connectivity index (χ0) is 45.0. The second-order valence-electron chi connectivity index (χ2n) is 17.5. The van der Waals surface area contributed by atoms with Crippen LogP contribution in [-0.2, 0) is 0 Å². The monoisotopic (exact) mass is 865 g/mol. The fourth-order valence-electron chi connectivity index (χ4n) is 10.9. The third kappa shape index (κ3) is 5.37. The highest BCUT2D eigenvalue weighted by molar-refractivity contribution is 6.24. The molecule has 10 aromatic carbocycles. The molecule has 0 atom stereocenters. The quantitative estimate of drug-likeness (QED) is 0.173. The average molecular weight is 866 g/mol. The van der Waals surface area contributed by atoms with Crippen LogP contribution < -0.4 is 0 Å². The minimum atomic E-state index is 0.298. The van der Waals surface area contributed by atoms with Crippen molar-refractivity contribution in [2.45, 2.75) is 0 Å². The minimum absolute atomic E-state index is 0.298. The number of hydrogen-bond acceptors (Lipinski definition) is 3. The van der Waals surface area contributed by atoms with E-state index in [2.05, 4.69) is 202 Å². The van der Waals surface area contributed by atoms with Gasteiger partial charge in [-0.15, -0.1) is 0 Å². The standard InChI is InChI=1S/C62H35N5O/c63-36-42-33-58(66-54-27-23-40(38-13-3-1-4-14-38)31-49(54)50-32-41(24-28-55(50)66)39-15-5-2-6-16-39)59(34-43(42)37-64)67-56-29-25-44(65-52-20-10-7-17-45(52)46-18-8-11-21-53(46)65)35-51(56)61-57(67)30-26-48-47-19-9-12-22-60(47)68-62(48)61/h1-35H. The molecule has 0 fully saturated rings. The third-order valence-corrected chi connectivity index (χ3v) is 13.9. The van der Waals surface area contributed by atoms with Crippen molar-refractivity contribution in [3.8, 4) is 51.5 Å². The number of hydrogen-bond donors (Lipinski definition) is 0.